The van der Waals surface area contributed by atoms with Gasteiger partial charge in [0.2, 0.25) is 11.8 Å². The Hall–Kier alpha value is -2.00. The molecule has 8 heteroatoms. The van der Waals surface area contributed by atoms with Gasteiger partial charge < -0.3 is 30.4 Å². The van der Waals surface area contributed by atoms with Crippen LogP contribution in [-0.2, 0) is 23.8 Å². The van der Waals surface area contributed by atoms with Crippen LogP contribution in [0.2, 0.25) is 0 Å². The van der Waals surface area contributed by atoms with Crippen molar-refractivity contribution in [2.45, 2.75) is 102 Å². The maximum absolute atomic E-state index is 12.1. The lowest BCUT2D eigenvalue weighted by Crippen LogP contribution is -2.50. The molecule has 34 heavy (non-hydrogen) atoms. The molecule has 3 heterocycles. The SMILES string of the molecule is CC(/C=C/[C@@H]1C[C@]2(CO2)C[C@@H](CC(N)=O)O1)=C\CC1O[C@H](C)[C@H](NC(=O)/C=C\[C@H](C)O)C[C@@H]1C. The quantitative estimate of drug-likeness (QED) is 0.267. The molecule has 1 spiro atoms. The lowest BCUT2D eigenvalue weighted by Gasteiger charge is -2.39. The Labute approximate surface area is 202 Å². The normalized spacial score (nSPS) is 37.3. The Kier molecular flexibility index (Phi) is 9.09. The van der Waals surface area contributed by atoms with Gasteiger partial charge in [-0.2, -0.15) is 0 Å². The number of allylic oxidation sites excluding steroid dienone is 2. The molecule has 190 valence electrons. The van der Waals surface area contributed by atoms with Gasteiger partial charge in [0.1, 0.15) is 0 Å². The minimum absolute atomic E-state index is 0.0591. The topological polar surface area (TPSA) is 123 Å². The van der Waals surface area contributed by atoms with Crippen molar-refractivity contribution >= 4 is 11.8 Å². The number of ether oxygens (including phenoxy) is 3. The molecule has 8 atom stereocenters. The van der Waals surface area contributed by atoms with Crippen LogP contribution in [0.3, 0.4) is 0 Å². The van der Waals surface area contributed by atoms with Crippen LogP contribution in [0.15, 0.2) is 36.0 Å². The highest BCUT2D eigenvalue weighted by molar-refractivity contribution is 5.87. The van der Waals surface area contributed by atoms with Crippen molar-refractivity contribution in [1.29, 1.82) is 0 Å². The van der Waals surface area contributed by atoms with E-state index in [0.717, 1.165) is 37.9 Å². The van der Waals surface area contributed by atoms with E-state index in [9.17, 15) is 14.7 Å². The molecule has 0 bridgehead atoms. The summed E-state index contributed by atoms with van der Waals surface area (Å²) < 4.78 is 17.9. The maximum atomic E-state index is 12.1. The molecule has 3 rings (SSSR count). The molecule has 1 unspecified atom stereocenters. The van der Waals surface area contributed by atoms with Gasteiger partial charge in [-0.15, -0.1) is 0 Å². The second-order valence-electron chi connectivity index (χ2n) is 10.2. The summed E-state index contributed by atoms with van der Waals surface area (Å²) in [4.78, 5) is 23.4. The molecule has 0 aromatic rings. The Morgan fingerprint density at radius 3 is 2.62 bits per heavy atom. The molecule has 8 nitrogen and oxygen atoms in total. The number of carbonyl (C=O) groups is 2. The molecule has 0 aliphatic carbocycles. The number of hydrogen-bond acceptors (Lipinski definition) is 6. The molecule has 0 aromatic heterocycles. The van der Waals surface area contributed by atoms with Crippen molar-refractivity contribution in [1.82, 2.24) is 5.32 Å². The van der Waals surface area contributed by atoms with Gasteiger partial charge in [-0.1, -0.05) is 36.8 Å². The second-order valence-corrected chi connectivity index (χ2v) is 10.2. The predicted octanol–water partition coefficient (Wildman–Crippen LogP) is 2.31. The fourth-order valence-electron chi connectivity index (χ4n) is 4.80. The van der Waals surface area contributed by atoms with Gasteiger partial charge in [0, 0.05) is 18.9 Å². The summed E-state index contributed by atoms with van der Waals surface area (Å²) in [6.07, 6.45) is 11.5. The van der Waals surface area contributed by atoms with Crippen molar-refractivity contribution in [3.05, 3.63) is 36.0 Å². The molecule has 0 saturated carbocycles. The van der Waals surface area contributed by atoms with Crippen LogP contribution in [0.25, 0.3) is 0 Å². The van der Waals surface area contributed by atoms with E-state index in [-0.39, 0.29) is 54.3 Å². The maximum Gasteiger partial charge on any atom is 0.244 e. The molecule has 0 aromatic carbocycles. The lowest BCUT2D eigenvalue weighted by atomic mass is 9.88. The van der Waals surface area contributed by atoms with Gasteiger partial charge in [0.25, 0.3) is 0 Å². The number of amides is 2. The number of aliphatic hydroxyl groups excluding tert-OH is 1. The number of carbonyl (C=O) groups excluding carboxylic acids is 2. The summed E-state index contributed by atoms with van der Waals surface area (Å²) in [6.45, 7) is 8.51. The van der Waals surface area contributed by atoms with E-state index in [2.05, 4.69) is 31.3 Å². The zero-order chi connectivity index (χ0) is 24.9. The third-order valence-corrected chi connectivity index (χ3v) is 6.84. The van der Waals surface area contributed by atoms with Gasteiger partial charge >= 0.3 is 0 Å². The van der Waals surface area contributed by atoms with E-state index in [1.165, 1.54) is 12.2 Å². The zero-order valence-electron chi connectivity index (χ0n) is 20.7. The fraction of sp³-hybridized carbons (Fsp3) is 0.692. The molecule has 4 N–H and O–H groups in total. The molecule has 3 aliphatic heterocycles. The van der Waals surface area contributed by atoms with E-state index in [4.69, 9.17) is 19.9 Å². The minimum atomic E-state index is -0.650. The molecule has 0 radical (unpaired) electrons. The third kappa shape index (κ3) is 8.05. The first-order chi connectivity index (χ1) is 16.0. The van der Waals surface area contributed by atoms with Crippen molar-refractivity contribution in [2.24, 2.45) is 11.7 Å². The first-order valence-corrected chi connectivity index (χ1v) is 12.3. The smallest absolute Gasteiger partial charge is 0.244 e. The third-order valence-electron chi connectivity index (χ3n) is 6.84. The minimum Gasteiger partial charge on any atom is -0.389 e. The van der Waals surface area contributed by atoms with E-state index >= 15 is 0 Å². The Morgan fingerprint density at radius 2 is 1.97 bits per heavy atom. The van der Waals surface area contributed by atoms with E-state index in [1.54, 1.807) is 6.92 Å². The molecule has 3 aliphatic rings. The van der Waals surface area contributed by atoms with E-state index in [1.807, 2.05) is 13.0 Å². The second kappa shape index (κ2) is 11.6. The highest BCUT2D eigenvalue weighted by atomic mass is 16.6. The highest BCUT2D eigenvalue weighted by Crippen LogP contribution is 2.43. The summed E-state index contributed by atoms with van der Waals surface area (Å²) in [7, 11) is 0. The number of nitrogens with two attached hydrogens (primary N) is 1. The molecule has 2 amide bonds. The van der Waals surface area contributed by atoms with E-state index in [0.29, 0.717) is 5.92 Å². The first kappa shape index (κ1) is 26.6. The van der Waals surface area contributed by atoms with Gasteiger partial charge in [-0.3, -0.25) is 9.59 Å². The molecular weight excluding hydrogens is 436 g/mol. The van der Waals surface area contributed by atoms with Crippen molar-refractivity contribution in [3.8, 4) is 0 Å². The van der Waals surface area contributed by atoms with Crippen LogP contribution < -0.4 is 11.1 Å². The number of primary amides is 1. The van der Waals surface area contributed by atoms with Gasteiger partial charge in [0.15, 0.2) is 0 Å². The summed E-state index contributed by atoms with van der Waals surface area (Å²) in [5.41, 5.74) is 6.33. The number of aliphatic hydroxyl groups is 1. The fourth-order valence-corrected chi connectivity index (χ4v) is 4.80. The first-order valence-electron chi connectivity index (χ1n) is 12.3. The Balaban J connectivity index is 1.49. The highest BCUT2D eigenvalue weighted by Gasteiger charge is 2.51. The van der Waals surface area contributed by atoms with Crippen LogP contribution in [0.1, 0.15) is 59.8 Å². The predicted molar refractivity (Wildman–Crippen MR) is 129 cm³/mol. The number of rotatable bonds is 9. The zero-order valence-corrected chi connectivity index (χ0v) is 20.7. The van der Waals surface area contributed by atoms with Crippen molar-refractivity contribution in [2.75, 3.05) is 6.61 Å². The van der Waals surface area contributed by atoms with Crippen molar-refractivity contribution < 1.29 is 28.9 Å². The van der Waals surface area contributed by atoms with Crippen LogP contribution in [0, 0.1) is 5.92 Å². The average Bonchev–Trinajstić information content (AvgIpc) is 3.49. The van der Waals surface area contributed by atoms with Gasteiger partial charge in [-0.05, 0) is 39.5 Å². The van der Waals surface area contributed by atoms with E-state index < -0.39 is 6.10 Å². The summed E-state index contributed by atoms with van der Waals surface area (Å²) >= 11 is 0. The number of epoxide rings is 1. The van der Waals surface area contributed by atoms with Crippen LogP contribution in [-0.4, -0.2) is 65.7 Å². The lowest BCUT2D eigenvalue weighted by molar-refractivity contribution is -0.125. The standard InChI is InChI=1S/C26H40N2O6/c1-16(5-8-20-13-26(15-32-26)14-21(34-20)12-24(27)30)6-9-23-17(2)11-22(19(4)33-23)28-25(31)10-7-18(3)29/h5-8,10,17-23,29H,9,11-15H2,1-4H3,(H2,27,30)(H,28,31)/b8-5+,10-7-,16-6+/t17-,18-,19+,20+,21+,22+,23?,26+/m0/s1. The molecular formula is C26H40N2O6. The Morgan fingerprint density at radius 1 is 1.24 bits per heavy atom. The monoisotopic (exact) mass is 476 g/mol. The van der Waals surface area contributed by atoms with Crippen LogP contribution in [0.5, 0.6) is 0 Å². The Bertz CT molecular complexity index is 816. The molecule has 3 saturated heterocycles. The summed E-state index contributed by atoms with van der Waals surface area (Å²) in [5, 5.41) is 12.3. The molecule has 3 fully saturated rings. The van der Waals surface area contributed by atoms with Crippen LogP contribution in [0.4, 0.5) is 0 Å². The largest absolute Gasteiger partial charge is 0.389 e. The average molecular weight is 477 g/mol. The number of hydrogen-bond donors (Lipinski definition) is 3. The summed E-state index contributed by atoms with van der Waals surface area (Å²) in [6, 6.07) is -0.0591. The van der Waals surface area contributed by atoms with Gasteiger partial charge in [0.05, 0.1) is 55.2 Å². The van der Waals surface area contributed by atoms with Crippen LogP contribution >= 0.6 is 0 Å². The summed E-state index contributed by atoms with van der Waals surface area (Å²) in [5.74, 6) is -0.275. The number of nitrogens with one attached hydrogen (secondary N) is 1. The van der Waals surface area contributed by atoms with Gasteiger partial charge in [-0.25, -0.2) is 0 Å². The van der Waals surface area contributed by atoms with Crippen molar-refractivity contribution in [3.63, 3.8) is 0 Å².